The third kappa shape index (κ3) is 4.80. The number of hydrogen-bond donors (Lipinski definition) is 2. The Hall–Kier alpha value is -2.45. The van der Waals surface area contributed by atoms with Crippen LogP contribution < -0.4 is 15.5 Å². The topological polar surface area (TPSA) is 83.6 Å². The minimum atomic E-state index is -0.606. The Morgan fingerprint density at radius 1 is 1.35 bits per heavy atom. The van der Waals surface area contributed by atoms with Crippen LogP contribution in [-0.4, -0.2) is 49.1 Å². The van der Waals surface area contributed by atoms with Crippen LogP contribution in [0.25, 0.3) is 0 Å². The largest absolute Gasteiger partial charge is 0.378 e. The molecule has 1 saturated heterocycles. The normalized spacial score (nSPS) is 15.3. The van der Waals surface area contributed by atoms with Crippen molar-refractivity contribution in [2.45, 2.75) is 19.5 Å². The predicted octanol–water partition coefficient (Wildman–Crippen LogP) is 1.41. The van der Waals surface area contributed by atoms with Gasteiger partial charge < -0.3 is 20.3 Å². The van der Waals surface area contributed by atoms with E-state index < -0.39 is 6.04 Å². The molecule has 8 heteroatoms. The van der Waals surface area contributed by atoms with Gasteiger partial charge in [-0.3, -0.25) is 9.59 Å². The van der Waals surface area contributed by atoms with E-state index in [9.17, 15) is 9.59 Å². The maximum atomic E-state index is 12.2. The summed E-state index contributed by atoms with van der Waals surface area (Å²) >= 11 is 1.35. The minimum absolute atomic E-state index is 0.223. The van der Waals surface area contributed by atoms with Gasteiger partial charge in [-0.15, -0.1) is 11.3 Å². The number of pyridine rings is 1. The van der Waals surface area contributed by atoms with Crippen LogP contribution in [0.1, 0.15) is 22.2 Å². The summed E-state index contributed by atoms with van der Waals surface area (Å²) in [6.45, 7) is 5.09. The second kappa shape index (κ2) is 8.77. The van der Waals surface area contributed by atoms with Crippen LogP contribution in [-0.2, 0) is 16.1 Å². The number of carbonyl (C=O) groups is 2. The molecule has 1 fully saturated rings. The van der Waals surface area contributed by atoms with Gasteiger partial charge in [-0.2, -0.15) is 0 Å². The number of thiophene rings is 1. The third-order valence-corrected chi connectivity index (χ3v) is 4.97. The molecule has 2 aromatic rings. The highest BCUT2D eigenvalue weighted by Crippen LogP contribution is 2.14. The Morgan fingerprint density at radius 2 is 2.15 bits per heavy atom. The van der Waals surface area contributed by atoms with E-state index in [2.05, 4.69) is 20.5 Å². The van der Waals surface area contributed by atoms with Crippen molar-refractivity contribution < 1.29 is 14.3 Å². The number of hydrogen-bond acceptors (Lipinski definition) is 6. The molecule has 138 valence electrons. The molecule has 2 N–H and O–H groups in total. The van der Waals surface area contributed by atoms with E-state index in [4.69, 9.17) is 4.74 Å². The molecular formula is C18H22N4O3S. The lowest BCUT2D eigenvalue weighted by atomic mass is 10.2. The lowest BCUT2D eigenvalue weighted by molar-refractivity contribution is -0.122. The first kappa shape index (κ1) is 18.3. The van der Waals surface area contributed by atoms with Crippen molar-refractivity contribution in [1.29, 1.82) is 0 Å². The molecule has 0 aromatic carbocycles. The fourth-order valence-electron chi connectivity index (χ4n) is 2.62. The lowest BCUT2D eigenvalue weighted by Crippen LogP contribution is -2.44. The van der Waals surface area contributed by atoms with Crippen LogP contribution in [0.5, 0.6) is 0 Å². The summed E-state index contributed by atoms with van der Waals surface area (Å²) in [5.74, 6) is 0.430. The molecule has 0 bridgehead atoms. The Morgan fingerprint density at radius 3 is 2.88 bits per heavy atom. The molecule has 0 spiro atoms. The molecule has 0 saturated carbocycles. The molecule has 1 atom stereocenters. The van der Waals surface area contributed by atoms with Crippen molar-refractivity contribution in [3.8, 4) is 0 Å². The Kier molecular flexibility index (Phi) is 6.19. The lowest BCUT2D eigenvalue weighted by Gasteiger charge is -2.28. The Bertz CT molecular complexity index is 745. The van der Waals surface area contributed by atoms with Gasteiger partial charge in [-0.05, 0) is 36.1 Å². The number of morpholine rings is 1. The summed E-state index contributed by atoms with van der Waals surface area (Å²) in [4.78, 5) is 31.4. The van der Waals surface area contributed by atoms with Crippen molar-refractivity contribution in [3.05, 3.63) is 46.3 Å². The molecule has 2 amide bonds. The van der Waals surface area contributed by atoms with Gasteiger partial charge in [0.15, 0.2) is 0 Å². The van der Waals surface area contributed by atoms with E-state index in [1.807, 2.05) is 17.5 Å². The second-order valence-electron chi connectivity index (χ2n) is 6.01. The molecular weight excluding hydrogens is 352 g/mol. The average Bonchev–Trinajstić information content (AvgIpc) is 3.22. The van der Waals surface area contributed by atoms with Crippen LogP contribution in [0.3, 0.4) is 0 Å². The Labute approximate surface area is 156 Å². The zero-order valence-electron chi connectivity index (χ0n) is 14.6. The summed E-state index contributed by atoms with van der Waals surface area (Å²) in [6.07, 6.45) is 1.74. The van der Waals surface area contributed by atoms with Gasteiger partial charge in [0.1, 0.15) is 11.9 Å². The van der Waals surface area contributed by atoms with Crippen LogP contribution in [0.2, 0.25) is 0 Å². The number of nitrogens with one attached hydrogen (secondary N) is 2. The summed E-state index contributed by atoms with van der Waals surface area (Å²) in [7, 11) is 0. The first-order valence-electron chi connectivity index (χ1n) is 8.53. The third-order valence-electron chi connectivity index (χ3n) is 4.10. The maximum absolute atomic E-state index is 12.2. The quantitative estimate of drug-likeness (QED) is 0.799. The van der Waals surface area contributed by atoms with E-state index in [-0.39, 0.29) is 11.8 Å². The predicted molar refractivity (Wildman–Crippen MR) is 100 cm³/mol. The van der Waals surface area contributed by atoms with Crippen LogP contribution in [0.4, 0.5) is 5.82 Å². The van der Waals surface area contributed by atoms with Gasteiger partial charge in [0.25, 0.3) is 5.91 Å². The van der Waals surface area contributed by atoms with E-state index in [0.717, 1.165) is 24.5 Å². The van der Waals surface area contributed by atoms with Gasteiger partial charge in [-0.25, -0.2) is 4.98 Å². The molecule has 3 rings (SSSR count). The highest BCUT2D eigenvalue weighted by molar-refractivity contribution is 7.12. The van der Waals surface area contributed by atoms with Gasteiger partial charge in [-0.1, -0.05) is 6.07 Å². The number of ether oxygens (including phenoxy) is 1. The van der Waals surface area contributed by atoms with Crippen molar-refractivity contribution in [3.63, 3.8) is 0 Å². The number of nitrogens with zero attached hydrogens (tertiary/aromatic N) is 2. The molecule has 1 aliphatic rings. The fourth-order valence-corrected chi connectivity index (χ4v) is 3.25. The monoisotopic (exact) mass is 374 g/mol. The highest BCUT2D eigenvalue weighted by Gasteiger charge is 2.17. The first-order chi connectivity index (χ1) is 12.6. The number of amides is 2. The van der Waals surface area contributed by atoms with Crippen LogP contribution in [0, 0.1) is 0 Å². The van der Waals surface area contributed by atoms with Crippen molar-refractivity contribution >= 4 is 29.0 Å². The molecule has 0 radical (unpaired) electrons. The van der Waals surface area contributed by atoms with Gasteiger partial charge in [0, 0.05) is 25.8 Å². The zero-order chi connectivity index (χ0) is 18.4. The molecule has 26 heavy (non-hydrogen) atoms. The number of anilines is 1. The molecule has 7 nitrogen and oxygen atoms in total. The molecule has 1 unspecified atom stereocenters. The molecule has 0 aliphatic carbocycles. The Balaban J connectivity index is 1.51. The summed E-state index contributed by atoms with van der Waals surface area (Å²) in [6, 6.07) is 6.78. The van der Waals surface area contributed by atoms with E-state index in [1.165, 1.54) is 11.3 Å². The molecule has 1 aliphatic heterocycles. The highest BCUT2D eigenvalue weighted by atomic mass is 32.1. The summed E-state index contributed by atoms with van der Waals surface area (Å²) < 4.78 is 5.35. The number of carbonyl (C=O) groups excluding carboxylic acids is 2. The van der Waals surface area contributed by atoms with Crippen molar-refractivity contribution in [2.24, 2.45) is 0 Å². The average molecular weight is 374 g/mol. The summed E-state index contributed by atoms with van der Waals surface area (Å²) in [5.41, 5.74) is 0.964. The van der Waals surface area contributed by atoms with E-state index in [1.54, 1.807) is 25.3 Å². The van der Waals surface area contributed by atoms with Crippen molar-refractivity contribution in [1.82, 2.24) is 15.6 Å². The zero-order valence-corrected chi connectivity index (χ0v) is 15.4. The van der Waals surface area contributed by atoms with Gasteiger partial charge >= 0.3 is 0 Å². The number of aromatic nitrogens is 1. The number of rotatable bonds is 6. The van der Waals surface area contributed by atoms with Gasteiger partial charge in [0.05, 0.1) is 18.1 Å². The van der Waals surface area contributed by atoms with E-state index in [0.29, 0.717) is 24.6 Å². The standard InChI is InChI=1S/C18H22N4O3S/c1-13(21-18(24)15-3-2-10-26-15)17(23)20-12-14-4-5-19-16(11-14)22-6-8-25-9-7-22/h2-5,10-11,13H,6-9,12H2,1H3,(H,20,23)(H,21,24). The smallest absolute Gasteiger partial charge is 0.261 e. The van der Waals surface area contributed by atoms with Crippen LogP contribution in [0.15, 0.2) is 35.8 Å². The molecule has 2 aromatic heterocycles. The van der Waals surface area contributed by atoms with Gasteiger partial charge in [0.2, 0.25) is 5.91 Å². The van der Waals surface area contributed by atoms with E-state index >= 15 is 0 Å². The maximum Gasteiger partial charge on any atom is 0.261 e. The van der Waals surface area contributed by atoms with Crippen molar-refractivity contribution in [2.75, 3.05) is 31.2 Å². The van der Waals surface area contributed by atoms with Crippen LogP contribution >= 0.6 is 11.3 Å². The molecule has 3 heterocycles. The summed E-state index contributed by atoms with van der Waals surface area (Å²) in [5, 5.41) is 7.39. The second-order valence-corrected chi connectivity index (χ2v) is 6.96. The SMILES string of the molecule is CC(NC(=O)c1cccs1)C(=O)NCc1ccnc(N2CCOCC2)c1. The first-order valence-corrected chi connectivity index (χ1v) is 9.41. The fraction of sp³-hybridized carbons (Fsp3) is 0.389. The minimum Gasteiger partial charge on any atom is -0.378 e.